The molecule has 0 aliphatic carbocycles. The van der Waals surface area contributed by atoms with Crippen LogP contribution in [0.15, 0.2) is 39.8 Å². The second-order valence-electron chi connectivity index (χ2n) is 5.04. The lowest BCUT2D eigenvalue weighted by atomic mass is 10.1. The number of nitrogens with zero attached hydrogens (tertiary/aromatic N) is 2. The summed E-state index contributed by atoms with van der Waals surface area (Å²) < 4.78 is 12.9. The maximum atomic E-state index is 11.7. The van der Waals surface area contributed by atoms with Crippen molar-refractivity contribution in [1.29, 1.82) is 0 Å². The number of benzene rings is 1. The fourth-order valence-electron chi connectivity index (χ4n) is 2.20. The number of fused-ring (bicyclic) bond motifs is 1. The van der Waals surface area contributed by atoms with Gasteiger partial charge in [0.15, 0.2) is 0 Å². The molecular formula is C16H16N2O3. The zero-order valence-corrected chi connectivity index (χ0v) is 12.2. The fraction of sp³-hybridized carbons (Fsp3) is 0.250. The second-order valence-corrected chi connectivity index (χ2v) is 5.04. The largest absolute Gasteiger partial charge is 0.486 e. The monoisotopic (exact) mass is 284 g/mol. The first kappa shape index (κ1) is 13.4. The molecule has 0 bridgehead atoms. The van der Waals surface area contributed by atoms with Crippen LogP contribution in [0.25, 0.3) is 11.0 Å². The van der Waals surface area contributed by atoms with Crippen LogP contribution in [0.5, 0.6) is 5.75 Å². The molecule has 0 fully saturated rings. The smallest absolute Gasteiger partial charge is 0.339 e. The Bertz CT molecular complexity index is 862. The Morgan fingerprint density at radius 2 is 2.10 bits per heavy atom. The van der Waals surface area contributed by atoms with Crippen molar-refractivity contribution in [3.05, 3.63) is 58.0 Å². The Hall–Kier alpha value is -2.56. The number of imidazole rings is 1. The fourth-order valence-corrected chi connectivity index (χ4v) is 2.20. The van der Waals surface area contributed by atoms with Crippen LogP contribution >= 0.6 is 0 Å². The van der Waals surface area contributed by atoms with Gasteiger partial charge in [0.05, 0.1) is 0 Å². The van der Waals surface area contributed by atoms with E-state index in [1.807, 2.05) is 36.9 Å². The van der Waals surface area contributed by atoms with E-state index in [9.17, 15) is 4.79 Å². The maximum Gasteiger partial charge on any atom is 0.339 e. The second kappa shape index (κ2) is 5.09. The minimum atomic E-state index is -0.304. The van der Waals surface area contributed by atoms with Gasteiger partial charge in [-0.3, -0.25) is 0 Å². The Morgan fingerprint density at radius 3 is 2.81 bits per heavy atom. The molecule has 0 radical (unpaired) electrons. The SMILES string of the molecule is Cc1c(C)c2ccc(OCc3nccn3C)cc2oc1=O. The summed E-state index contributed by atoms with van der Waals surface area (Å²) in [5, 5.41) is 0.927. The zero-order valence-electron chi connectivity index (χ0n) is 12.2. The summed E-state index contributed by atoms with van der Waals surface area (Å²) >= 11 is 0. The van der Waals surface area contributed by atoms with E-state index < -0.39 is 0 Å². The number of rotatable bonds is 3. The molecule has 0 N–H and O–H groups in total. The van der Waals surface area contributed by atoms with E-state index in [1.165, 1.54) is 0 Å². The normalized spacial score (nSPS) is 11.0. The predicted molar refractivity (Wildman–Crippen MR) is 79.5 cm³/mol. The van der Waals surface area contributed by atoms with Crippen LogP contribution in [0.2, 0.25) is 0 Å². The van der Waals surface area contributed by atoms with Gasteiger partial charge in [0.1, 0.15) is 23.8 Å². The third-order valence-corrected chi connectivity index (χ3v) is 3.72. The minimum Gasteiger partial charge on any atom is -0.486 e. The van der Waals surface area contributed by atoms with Gasteiger partial charge in [0.25, 0.3) is 0 Å². The number of hydrogen-bond donors (Lipinski definition) is 0. The minimum absolute atomic E-state index is 0.304. The van der Waals surface area contributed by atoms with Crippen molar-refractivity contribution in [3.8, 4) is 5.75 Å². The molecule has 0 saturated carbocycles. The van der Waals surface area contributed by atoms with E-state index in [1.54, 1.807) is 19.2 Å². The molecule has 5 heteroatoms. The van der Waals surface area contributed by atoms with E-state index >= 15 is 0 Å². The van der Waals surface area contributed by atoms with Crippen molar-refractivity contribution in [2.45, 2.75) is 20.5 Å². The van der Waals surface area contributed by atoms with E-state index in [4.69, 9.17) is 9.15 Å². The third-order valence-electron chi connectivity index (χ3n) is 3.72. The first-order chi connectivity index (χ1) is 10.1. The van der Waals surface area contributed by atoms with E-state index in [-0.39, 0.29) is 5.63 Å². The van der Waals surface area contributed by atoms with Gasteiger partial charge < -0.3 is 13.7 Å². The van der Waals surface area contributed by atoms with Crippen molar-refractivity contribution in [2.75, 3.05) is 0 Å². The molecular weight excluding hydrogens is 268 g/mol. The topological polar surface area (TPSA) is 57.3 Å². The van der Waals surface area contributed by atoms with Crippen LogP contribution in [0, 0.1) is 13.8 Å². The molecule has 0 amide bonds. The lowest BCUT2D eigenvalue weighted by Crippen LogP contribution is -2.06. The summed E-state index contributed by atoms with van der Waals surface area (Å²) in [5.41, 5.74) is 1.82. The van der Waals surface area contributed by atoms with Gasteiger partial charge in [0, 0.05) is 36.5 Å². The van der Waals surface area contributed by atoms with Gasteiger partial charge in [-0.25, -0.2) is 9.78 Å². The summed E-state index contributed by atoms with van der Waals surface area (Å²) in [6.45, 7) is 4.05. The summed E-state index contributed by atoms with van der Waals surface area (Å²) in [4.78, 5) is 15.9. The van der Waals surface area contributed by atoms with Crippen molar-refractivity contribution < 1.29 is 9.15 Å². The summed E-state index contributed by atoms with van der Waals surface area (Å²) in [6, 6.07) is 5.53. The van der Waals surface area contributed by atoms with Crippen LogP contribution in [-0.4, -0.2) is 9.55 Å². The molecule has 0 atom stereocenters. The molecule has 0 saturated heterocycles. The van der Waals surface area contributed by atoms with E-state index in [0.717, 1.165) is 16.8 Å². The van der Waals surface area contributed by atoms with E-state index in [2.05, 4.69) is 4.98 Å². The Morgan fingerprint density at radius 1 is 1.29 bits per heavy atom. The molecule has 2 heterocycles. The maximum absolute atomic E-state index is 11.7. The van der Waals surface area contributed by atoms with Gasteiger partial charge in [-0.15, -0.1) is 0 Å². The quantitative estimate of drug-likeness (QED) is 0.694. The van der Waals surface area contributed by atoms with Crippen molar-refractivity contribution in [1.82, 2.24) is 9.55 Å². The number of ether oxygens (including phenoxy) is 1. The molecule has 0 spiro atoms. The molecule has 3 rings (SSSR count). The first-order valence-electron chi connectivity index (χ1n) is 6.69. The van der Waals surface area contributed by atoms with Crippen LogP contribution < -0.4 is 10.4 Å². The number of aromatic nitrogens is 2. The molecule has 0 aliphatic heterocycles. The lowest BCUT2D eigenvalue weighted by molar-refractivity contribution is 0.291. The summed E-state index contributed by atoms with van der Waals surface area (Å²) in [7, 11) is 1.91. The average Bonchev–Trinajstić information content (AvgIpc) is 2.88. The van der Waals surface area contributed by atoms with Gasteiger partial charge in [-0.05, 0) is 31.5 Å². The van der Waals surface area contributed by atoms with Gasteiger partial charge in [0.2, 0.25) is 0 Å². The predicted octanol–water partition coefficient (Wildman–Crippen LogP) is 2.72. The Kier molecular flexibility index (Phi) is 3.25. The molecule has 0 unspecified atom stereocenters. The molecule has 2 aromatic heterocycles. The van der Waals surface area contributed by atoms with E-state index in [0.29, 0.717) is 23.5 Å². The molecule has 3 aromatic rings. The van der Waals surface area contributed by atoms with Gasteiger partial charge >= 0.3 is 5.63 Å². The molecule has 108 valence electrons. The average molecular weight is 284 g/mol. The standard InChI is InChI=1S/C16H16N2O3/c1-10-11(2)16(19)21-14-8-12(4-5-13(10)14)20-9-15-17-6-7-18(15)3/h4-8H,9H2,1-3H3. The van der Waals surface area contributed by atoms with Crippen LogP contribution in [0.1, 0.15) is 17.0 Å². The van der Waals surface area contributed by atoms with Crippen LogP contribution in [0.4, 0.5) is 0 Å². The van der Waals surface area contributed by atoms with Gasteiger partial charge in [-0.1, -0.05) is 0 Å². The number of hydrogen-bond acceptors (Lipinski definition) is 4. The van der Waals surface area contributed by atoms with Crippen molar-refractivity contribution in [3.63, 3.8) is 0 Å². The van der Waals surface area contributed by atoms with Crippen LogP contribution in [0.3, 0.4) is 0 Å². The van der Waals surface area contributed by atoms with Crippen molar-refractivity contribution >= 4 is 11.0 Å². The number of aryl methyl sites for hydroxylation is 2. The summed E-state index contributed by atoms with van der Waals surface area (Å²) in [6.07, 6.45) is 3.59. The molecule has 0 aliphatic rings. The summed E-state index contributed by atoms with van der Waals surface area (Å²) in [5.74, 6) is 1.48. The highest BCUT2D eigenvalue weighted by atomic mass is 16.5. The highest BCUT2D eigenvalue weighted by Crippen LogP contribution is 2.24. The van der Waals surface area contributed by atoms with Gasteiger partial charge in [-0.2, -0.15) is 0 Å². The first-order valence-corrected chi connectivity index (χ1v) is 6.69. The zero-order chi connectivity index (χ0) is 15.0. The Labute approximate surface area is 121 Å². The Balaban J connectivity index is 1.93. The third kappa shape index (κ3) is 2.42. The molecule has 1 aromatic carbocycles. The lowest BCUT2D eigenvalue weighted by Gasteiger charge is -2.08. The van der Waals surface area contributed by atoms with Crippen molar-refractivity contribution in [2.24, 2.45) is 7.05 Å². The highest BCUT2D eigenvalue weighted by Gasteiger charge is 2.09. The molecule has 21 heavy (non-hydrogen) atoms. The highest BCUT2D eigenvalue weighted by molar-refractivity contribution is 5.82. The van der Waals surface area contributed by atoms with Crippen LogP contribution in [-0.2, 0) is 13.7 Å². The molecule has 5 nitrogen and oxygen atoms in total.